The molecule has 66 valence electrons. The molecule has 0 saturated carbocycles. The van der Waals surface area contributed by atoms with Gasteiger partial charge in [0.1, 0.15) is 6.10 Å². The van der Waals surface area contributed by atoms with E-state index < -0.39 is 0 Å². The summed E-state index contributed by atoms with van der Waals surface area (Å²) in [6, 6.07) is 0. The van der Waals surface area contributed by atoms with Crippen molar-refractivity contribution in [1.29, 1.82) is 0 Å². The Kier molecular flexibility index (Phi) is 4.92. The predicted molar refractivity (Wildman–Crippen MR) is 45.3 cm³/mol. The van der Waals surface area contributed by atoms with Gasteiger partial charge in [-0.1, -0.05) is 27.2 Å². The predicted octanol–water partition coefficient (Wildman–Crippen LogP) is 2.37. The molecule has 0 bridgehead atoms. The van der Waals surface area contributed by atoms with Gasteiger partial charge in [-0.05, 0) is 12.3 Å². The van der Waals surface area contributed by atoms with Crippen LogP contribution in [0.4, 0.5) is 0 Å². The molecule has 0 aromatic carbocycles. The van der Waals surface area contributed by atoms with E-state index >= 15 is 0 Å². The minimum absolute atomic E-state index is 0.109. The fourth-order valence-corrected chi connectivity index (χ4v) is 1.08. The van der Waals surface area contributed by atoms with Gasteiger partial charge in [0, 0.05) is 6.92 Å². The first-order valence-electron chi connectivity index (χ1n) is 4.29. The van der Waals surface area contributed by atoms with Crippen molar-refractivity contribution in [3.8, 4) is 0 Å². The van der Waals surface area contributed by atoms with Gasteiger partial charge in [-0.3, -0.25) is 4.79 Å². The van der Waals surface area contributed by atoms with Gasteiger partial charge in [0.15, 0.2) is 0 Å². The number of rotatable bonds is 4. The van der Waals surface area contributed by atoms with Crippen molar-refractivity contribution in [2.24, 2.45) is 5.92 Å². The molecular weight excluding hydrogens is 140 g/mol. The van der Waals surface area contributed by atoms with Crippen LogP contribution in [0.2, 0.25) is 0 Å². The van der Waals surface area contributed by atoms with E-state index in [4.69, 9.17) is 4.74 Å². The molecule has 0 aliphatic heterocycles. The fourth-order valence-electron chi connectivity index (χ4n) is 1.08. The summed E-state index contributed by atoms with van der Waals surface area (Å²) in [6.07, 6.45) is 2.08. The fraction of sp³-hybridized carbons (Fsp3) is 0.889. The lowest BCUT2D eigenvalue weighted by molar-refractivity contribution is -0.149. The summed E-state index contributed by atoms with van der Waals surface area (Å²) in [5.41, 5.74) is 0. The maximum atomic E-state index is 10.6. The summed E-state index contributed by atoms with van der Waals surface area (Å²) in [7, 11) is 0. The molecule has 2 heteroatoms. The highest BCUT2D eigenvalue weighted by Crippen LogP contribution is 2.14. The van der Waals surface area contributed by atoms with Crippen LogP contribution < -0.4 is 0 Å². The molecule has 0 spiro atoms. The number of hydrogen-bond donors (Lipinski definition) is 0. The standard InChI is InChI=1S/C9H18O2/c1-5-7(3)9(6-2)11-8(4)10/h7,9H,5-6H2,1-4H3. The lowest BCUT2D eigenvalue weighted by Crippen LogP contribution is -2.22. The quantitative estimate of drug-likeness (QED) is 0.587. The Balaban J connectivity index is 3.84. The third-order valence-electron chi connectivity index (χ3n) is 2.00. The number of hydrogen-bond acceptors (Lipinski definition) is 2. The minimum atomic E-state index is -0.169. The second kappa shape index (κ2) is 5.16. The first-order valence-corrected chi connectivity index (χ1v) is 4.29. The maximum absolute atomic E-state index is 10.6. The van der Waals surface area contributed by atoms with Gasteiger partial charge in [0.2, 0.25) is 0 Å². The molecule has 2 atom stereocenters. The normalized spacial score (nSPS) is 15.6. The Bertz CT molecular complexity index is 121. The Morgan fingerprint density at radius 2 is 1.91 bits per heavy atom. The summed E-state index contributed by atoms with van der Waals surface area (Å²) in [6.45, 7) is 7.72. The molecular formula is C9H18O2. The average molecular weight is 158 g/mol. The first-order chi connectivity index (χ1) is 5.11. The molecule has 0 aromatic heterocycles. The van der Waals surface area contributed by atoms with Gasteiger partial charge in [-0.15, -0.1) is 0 Å². The molecule has 2 nitrogen and oxygen atoms in total. The van der Waals surface area contributed by atoms with Crippen LogP contribution in [0.5, 0.6) is 0 Å². The molecule has 0 aliphatic carbocycles. The van der Waals surface area contributed by atoms with E-state index in [0.29, 0.717) is 5.92 Å². The zero-order valence-electron chi connectivity index (χ0n) is 7.89. The van der Waals surface area contributed by atoms with Gasteiger partial charge < -0.3 is 4.74 Å². The number of carbonyl (C=O) groups excluding carboxylic acids is 1. The minimum Gasteiger partial charge on any atom is -0.462 e. The van der Waals surface area contributed by atoms with Crippen LogP contribution in [0.1, 0.15) is 40.5 Å². The van der Waals surface area contributed by atoms with Crippen LogP contribution in [0.3, 0.4) is 0 Å². The molecule has 0 saturated heterocycles. The SMILES string of the molecule is CCC(C)C(CC)OC(C)=O. The summed E-state index contributed by atoms with van der Waals surface area (Å²) in [4.78, 5) is 10.6. The van der Waals surface area contributed by atoms with Crippen LogP contribution in [-0.2, 0) is 9.53 Å². The molecule has 0 heterocycles. The molecule has 0 rings (SSSR count). The van der Waals surface area contributed by atoms with Crippen LogP contribution in [-0.4, -0.2) is 12.1 Å². The van der Waals surface area contributed by atoms with Crippen LogP contribution >= 0.6 is 0 Å². The summed E-state index contributed by atoms with van der Waals surface area (Å²) >= 11 is 0. The van der Waals surface area contributed by atoms with Crippen molar-refractivity contribution in [2.75, 3.05) is 0 Å². The summed E-state index contributed by atoms with van der Waals surface area (Å²) in [5, 5.41) is 0. The molecule has 2 unspecified atom stereocenters. The lowest BCUT2D eigenvalue weighted by Gasteiger charge is -2.20. The zero-order valence-corrected chi connectivity index (χ0v) is 7.89. The molecule has 0 N–H and O–H groups in total. The van der Waals surface area contributed by atoms with E-state index in [2.05, 4.69) is 13.8 Å². The summed E-state index contributed by atoms with van der Waals surface area (Å²) < 4.78 is 5.11. The van der Waals surface area contributed by atoms with Crippen LogP contribution in [0, 0.1) is 5.92 Å². The Morgan fingerprint density at radius 3 is 2.18 bits per heavy atom. The monoisotopic (exact) mass is 158 g/mol. The molecule has 0 amide bonds. The largest absolute Gasteiger partial charge is 0.462 e. The number of esters is 1. The van der Waals surface area contributed by atoms with Crippen molar-refractivity contribution in [2.45, 2.75) is 46.6 Å². The van der Waals surface area contributed by atoms with E-state index in [1.807, 2.05) is 6.92 Å². The van der Waals surface area contributed by atoms with E-state index in [-0.39, 0.29) is 12.1 Å². The average Bonchev–Trinajstić information content (AvgIpc) is 1.98. The Morgan fingerprint density at radius 1 is 1.36 bits per heavy atom. The van der Waals surface area contributed by atoms with Gasteiger partial charge in [-0.2, -0.15) is 0 Å². The highest BCUT2D eigenvalue weighted by Gasteiger charge is 2.15. The van der Waals surface area contributed by atoms with Gasteiger partial charge in [-0.25, -0.2) is 0 Å². The molecule has 11 heavy (non-hydrogen) atoms. The molecule has 0 radical (unpaired) electrons. The van der Waals surface area contributed by atoms with Crippen molar-refractivity contribution in [1.82, 2.24) is 0 Å². The van der Waals surface area contributed by atoms with Crippen LogP contribution in [0.25, 0.3) is 0 Å². The smallest absolute Gasteiger partial charge is 0.302 e. The third kappa shape index (κ3) is 4.02. The van der Waals surface area contributed by atoms with E-state index in [0.717, 1.165) is 12.8 Å². The van der Waals surface area contributed by atoms with Gasteiger partial charge in [0.05, 0.1) is 0 Å². The van der Waals surface area contributed by atoms with Gasteiger partial charge >= 0.3 is 5.97 Å². The Hall–Kier alpha value is -0.530. The summed E-state index contributed by atoms with van der Waals surface area (Å²) in [5.74, 6) is 0.307. The Labute approximate surface area is 68.9 Å². The number of ether oxygens (including phenoxy) is 1. The van der Waals surface area contributed by atoms with Crippen molar-refractivity contribution in [3.63, 3.8) is 0 Å². The van der Waals surface area contributed by atoms with Crippen molar-refractivity contribution in [3.05, 3.63) is 0 Å². The highest BCUT2D eigenvalue weighted by molar-refractivity contribution is 5.66. The van der Waals surface area contributed by atoms with E-state index in [1.54, 1.807) is 0 Å². The topological polar surface area (TPSA) is 26.3 Å². The molecule has 0 fully saturated rings. The second-order valence-corrected chi connectivity index (χ2v) is 2.94. The molecule has 0 aromatic rings. The van der Waals surface area contributed by atoms with Crippen LogP contribution in [0.15, 0.2) is 0 Å². The van der Waals surface area contributed by atoms with Crippen molar-refractivity contribution >= 4 is 5.97 Å². The van der Waals surface area contributed by atoms with E-state index in [1.165, 1.54) is 6.92 Å². The second-order valence-electron chi connectivity index (χ2n) is 2.94. The zero-order chi connectivity index (χ0) is 8.85. The van der Waals surface area contributed by atoms with Crippen molar-refractivity contribution < 1.29 is 9.53 Å². The molecule has 0 aliphatic rings. The maximum Gasteiger partial charge on any atom is 0.302 e. The highest BCUT2D eigenvalue weighted by atomic mass is 16.5. The van der Waals surface area contributed by atoms with E-state index in [9.17, 15) is 4.79 Å². The lowest BCUT2D eigenvalue weighted by atomic mass is 10.00. The number of carbonyl (C=O) groups is 1. The first kappa shape index (κ1) is 10.5. The third-order valence-corrected chi connectivity index (χ3v) is 2.00. The van der Waals surface area contributed by atoms with Gasteiger partial charge in [0.25, 0.3) is 0 Å².